The van der Waals surface area contributed by atoms with Crippen molar-refractivity contribution in [3.8, 4) is 0 Å². The lowest BCUT2D eigenvalue weighted by molar-refractivity contribution is -0.114. The Morgan fingerprint density at radius 2 is 2.04 bits per heavy atom. The van der Waals surface area contributed by atoms with Crippen LogP contribution in [-0.4, -0.2) is 59.3 Å². The van der Waals surface area contributed by atoms with Crippen LogP contribution < -0.4 is 10.6 Å². The summed E-state index contributed by atoms with van der Waals surface area (Å²) in [6, 6.07) is 5.42. The normalized spacial score (nSPS) is 17.4. The van der Waals surface area contributed by atoms with Crippen molar-refractivity contribution in [2.24, 2.45) is 0 Å². The quantitative estimate of drug-likeness (QED) is 0.860. The highest BCUT2D eigenvalue weighted by atomic mass is 32.1. The summed E-state index contributed by atoms with van der Waals surface area (Å²) in [7, 11) is 0. The van der Waals surface area contributed by atoms with Crippen molar-refractivity contribution in [1.82, 2.24) is 14.8 Å². The lowest BCUT2D eigenvalue weighted by Crippen LogP contribution is -2.48. The van der Waals surface area contributed by atoms with E-state index >= 15 is 0 Å². The molecule has 0 radical (unpaired) electrons. The number of hydrogen-bond acceptors (Lipinski definition) is 6. The predicted molar refractivity (Wildman–Crippen MR) is 102 cm³/mol. The molecule has 26 heavy (non-hydrogen) atoms. The Hall–Kier alpha value is -2.45. The second-order valence-electron chi connectivity index (χ2n) is 6.59. The van der Waals surface area contributed by atoms with Crippen molar-refractivity contribution in [3.63, 3.8) is 0 Å². The van der Waals surface area contributed by atoms with Gasteiger partial charge in [0.2, 0.25) is 5.91 Å². The van der Waals surface area contributed by atoms with Gasteiger partial charge in [-0.05, 0) is 25.1 Å². The molecule has 0 spiro atoms. The fourth-order valence-corrected chi connectivity index (χ4v) is 3.91. The van der Waals surface area contributed by atoms with Crippen LogP contribution in [-0.2, 0) is 11.3 Å². The van der Waals surface area contributed by atoms with Gasteiger partial charge >= 0.3 is 0 Å². The molecule has 2 aromatic rings. The molecule has 8 heteroatoms. The molecule has 4 rings (SSSR count). The first kappa shape index (κ1) is 17.0. The topological polar surface area (TPSA) is 77.6 Å². The Kier molecular flexibility index (Phi) is 4.60. The molecule has 1 saturated heterocycles. The van der Waals surface area contributed by atoms with Crippen LogP contribution in [0.1, 0.15) is 21.1 Å². The molecule has 2 aliphatic rings. The Morgan fingerprint density at radius 3 is 2.77 bits per heavy atom. The number of aromatic nitrogens is 1. The zero-order valence-electron chi connectivity index (χ0n) is 14.6. The number of carbonyl (C=O) groups excluding carboxylic acids is 2. The van der Waals surface area contributed by atoms with Crippen LogP contribution in [0.2, 0.25) is 0 Å². The van der Waals surface area contributed by atoms with Crippen molar-refractivity contribution in [2.45, 2.75) is 13.5 Å². The standard InChI is InChI=1S/C18H21N5O2S/c1-12-20-14(11-26-12)10-22-4-6-23(7-5-22)18(25)13-2-3-15-16(8-13)21-17(24)9-19-15/h2-3,8,11,19H,4-7,9-10H2,1H3,(H,21,24). The van der Waals surface area contributed by atoms with E-state index in [1.807, 2.05) is 24.0 Å². The molecule has 1 aromatic heterocycles. The lowest BCUT2D eigenvalue weighted by atomic mass is 10.1. The number of amides is 2. The maximum Gasteiger partial charge on any atom is 0.254 e. The van der Waals surface area contributed by atoms with Gasteiger partial charge in [0.05, 0.1) is 28.6 Å². The van der Waals surface area contributed by atoms with Crippen molar-refractivity contribution in [2.75, 3.05) is 43.4 Å². The number of hydrogen-bond donors (Lipinski definition) is 2. The van der Waals surface area contributed by atoms with Crippen molar-refractivity contribution in [3.05, 3.63) is 39.8 Å². The van der Waals surface area contributed by atoms with Crippen LogP contribution in [0.4, 0.5) is 11.4 Å². The van der Waals surface area contributed by atoms with Crippen LogP contribution in [0.3, 0.4) is 0 Å². The number of carbonyl (C=O) groups is 2. The summed E-state index contributed by atoms with van der Waals surface area (Å²) in [5, 5.41) is 9.03. The van der Waals surface area contributed by atoms with Gasteiger partial charge in [0.15, 0.2) is 0 Å². The average Bonchev–Trinajstić information content (AvgIpc) is 3.06. The molecular weight excluding hydrogens is 350 g/mol. The number of anilines is 2. The predicted octanol–water partition coefficient (Wildman–Crippen LogP) is 1.77. The van der Waals surface area contributed by atoms with E-state index in [2.05, 4.69) is 25.9 Å². The minimum absolute atomic E-state index is 0.0109. The largest absolute Gasteiger partial charge is 0.374 e. The van der Waals surface area contributed by atoms with E-state index in [-0.39, 0.29) is 18.4 Å². The Labute approximate surface area is 156 Å². The molecule has 2 N–H and O–H groups in total. The zero-order valence-corrected chi connectivity index (χ0v) is 15.4. The second kappa shape index (κ2) is 7.05. The van der Waals surface area contributed by atoms with Crippen LogP contribution in [0.15, 0.2) is 23.6 Å². The molecule has 2 amide bonds. The maximum atomic E-state index is 12.8. The summed E-state index contributed by atoms with van der Waals surface area (Å²) in [6.45, 7) is 6.19. The first-order chi connectivity index (χ1) is 12.6. The number of thiazole rings is 1. The van der Waals surface area contributed by atoms with E-state index in [4.69, 9.17) is 0 Å². The Balaban J connectivity index is 1.37. The fraction of sp³-hybridized carbons (Fsp3) is 0.389. The van der Waals surface area contributed by atoms with Gasteiger partial charge in [-0.2, -0.15) is 0 Å². The van der Waals surface area contributed by atoms with Gasteiger partial charge in [0.1, 0.15) is 0 Å². The van der Waals surface area contributed by atoms with Crippen molar-refractivity contribution < 1.29 is 9.59 Å². The average molecular weight is 371 g/mol. The smallest absolute Gasteiger partial charge is 0.254 e. The number of benzene rings is 1. The number of nitrogens with one attached hydrogen (secondary N) is 2. The van der Waals surface area contributed by atoms with Crippen LogP contribution in [0.5, 0.6) is 0 Å². The molecule has 136 valence electrons. The molecule has 0 saturated carbocycles. The lowest BCUT2D eigenvalue weighted by Gasteiger charge is -2.34. The van der Waals surface area contributed by atoms with E-state index < -0.39 is 0 Å². The van der Waals surface area contributed by atoms with Crippen molar-refractivity contribution in [1.29, 1.82) is 0 Å². The molecule has 0 unspecified atom stereocenters. The zero-order chi connectivity index (χ0) is 18.1. The number of piperazine rings is 1. The van der Waals surface area contributed by atoms with Gasteiger partial charge in [-0.25, -0.2) is 4.98 Å². The molecule has 0 bridgehead atoms. The van der Waals surface area contributed by atoms with E-state index in [1.54, 1.807) is 17.4 Å². The van der Waals surface area contributed by atoms with E-state index in [0.29, 0.717) is 24.3 Å². The van der Waals surface area contributed by atoms with Gasteiger partial charge in [-0.3, -0.25) is 14.5 Å². The molecule has 0 aliphatic carbocycles. The highest BCUT2D eigenvalue weighted by Crippen LogP contribution is 2.26. The third-order valence-corrected chi connectivity index (χ3v) is 5.51. The molecular formula is C18H21N5O2S. The minimum Gasteiger partial charge on any atom is -0.374 e. The molecule has 0 atom stereocenters. The maximum absolute atomic E-state index is 12.8. The van der Waals surface area contributed by atoms with Crippen LogP contribution in [0.25, 0.3) is 0 Å². The van der Waals surface area contributed by atoms with Crippen LogP contribution in [0, 0.1) is 6.92 Å². The third-order valence-electron chi connectivity index (χ3n) is 4.69. The Morgan fingerprint density at radius 1 is 1.23 bits per heavy atom. The first-order valence-corrected chi connectivity index (χ1v) is 9.57. The van der Waals surface area contributed by atoms with Crippen LogP contribution >= 0.6 is 11.3 Å². The minimum atomic E-state index is -0.0898. The third kappa shape index (κ3) is 3.56. The Bertz CT molecular complexity index is 842. The summed E-state index contributed by atoms with van der Waals surface area (Å²) >= 11 is 1.67. The molecule has 3 heterocycles. The molecule has 7 nitrogen and oxygen atoms in total. The van der Waals surface area contributed by atoms with Crippen molar-refractivity contribution >= 4 is 34.5 Å². The summed E-state index contributed by atoms with van der Waals surface area (Å²) in [5.41, 5.74) is 3.23. The van der Waals surface area contributed by atoms with E-state index in [0.717, 1.165) is 36.0 Å². The monoisotopic (exact) mass is 371 g/mol. The second-order valence-corrected chi connectivity index (χ2v) is 7.65. The van der Waals surface area contributed by atoms with E-state index in [1.165, 1.54) is 0 Å². The number of aryl methyl sites for hydroxylation is 1. The van der Waals surface area contributed by atoms with Gasteiger partial charge in [-0.1, -0.05) is 0 Å². The summed E-state index contributed by atoms with van der Waals surface area (Å²) in [6.07, 6.45) is 0. The van der Waals surface area contributed by atoms with Gasteiger partial charge in [0.25, 0.3) is 5.91 Å². The summed E-state index contributed by atoms with van der Waals surface area (Å²) in [4.78, 5) is 33.0. The highest BCUT2D eigenvalue weighted by Gasteiger charge is 2.24. The number of fused-ring (bicyclic) bond motifs is 1. The summed E-state index contributed by atoms with van der Waals surface area (Å²) < 4.78 is 0. The molecule has 1 fully saturated rings. The SMILES string of the molecule is Cc1nc(CN2CCN(C(=O)c3ccc4c(c3)NC(=O)CN4)CC2)cs1. The van der Waals surface area contributed by atoms with Gasteiger partial charge in [-0.15, -0.1) is 11.3 Å². The summed E-state index contributed by atoms with van der Waals surface area (Å²) in [5.74, 6) is -0.0789. The first-order valence-electron chi connectivity index (χ1n) is 8.69. The fourth-order valence-electron chi connectivity index (χ4n) is 3.31. The molecule has 2 aliphatic heterocycles. The van der Waals surface area contributed by atoms with E-state index in [9.17, 15) is 9.59 Å². The van der Waals surface area contributed by atoms with Gasteiger partial charge < -0.3 is 15.5 Å². The highest BCUT2D eigenvalue weighted by molar-refractivity contribution is 7.09. The molecule has 1 aromatic carbocycles. The van der Waals surface area contributed by atoms with Gasteiger partial charge in [0, 0.05) is 43.7 Å². The number of nitrogens with zero attached hydrogens (tertiary/aromatic N) is 3. The number of rotatable bonds is 3.